The van der Waals surface area contributed by atoms with Crippen molar-refractivity contribution in [2.45, 2.75) is 15.8 Å². The smallest absolute Gasteiger partial charge is 0.185 e. The highest BCUT2D eigenvalue weighted by Gasteiger charge is 2.26. The van der Waals surface area contributed by atoms with Crippen molar-refractivity contribution in [1.29, 1.82) is 0 Å². The van der Waals surface area contributed by atoms with E-state index in [4.69, 9.17) is 5.73 Å². The maximum absolute atomic E-state index is 12.3. The number of Topliss-reactive ketones (excluding diaryl/α,β-unsaturated/α-hetero) is 1. The van der Waals surface area contributed by atoms with Gasteiger partial charge >= 0.3 is 0 Å². The van der Waals surface area contributed by atoms with Crippen LogP contribution in [-0.2, 0) is 0 Å². The van der Waals surface area contributed by atoms with Crippen molar-refractivity contribution in [2.75, 3.05) is 0 Å². The van der Waals surface area contributed by atoms with Crippen molar-refractivity contribution in [1.82, 2.24) is 0 Å². The second kappa shape index (κ2) is 5.14. The summed E-state index contributed by atoms with van der Waals surface area (Å²) in [6.45, 7) is 0. The summed E-state index contributed by atoms with van der Waals surface area (Å²) in [5.41, 5.74) is 7.68. The lowest BCUT2D eigenvalue weighted by molar-refractivity contribution is 0.0958. The third-order valence-corrected chi connectivity index (χ3v) is 4.08. The SMILES string of the molecule is Cl.NC1C(=O)c2ccccc2Sc2ccccc21. The molecule has 0 radical (unpaired) electrons. The Morgan fingerprint density at radius 3 is 2.33 bits per heavy atom. The zero-order chi connectivity index (χ0) is 11.8. The minimum absolute atomic E-state index is 0. The first-order valence-electron chi connectivity index (χ1n) is 5.43. The fourth-order valence-corrected chi connectivity index (χ4v) is 3.14. The molecule has 0 aromatic heterocycles. The summed E-state index contributed by atoms with van der Waals surface area (Å²) < 4.78 is 0. The molecule has 3 rings (SSSR count). The number of rotatable bonds is 0. The molecular weight excluding hydrogens is 266 g/mol. The van der Waals surface area contributed by atoms with Crippen LogP contribution in [0.3, 0.4) is 0 Å². The second-order valence-electron chi connectivity index (χ2n) is 3.98. The first-order valence-corrected chi connectivity index (χ1v) is 6.24. The van der Waals surface area contributed by atoms with Crippen LogP contribution in [0.2, 0.25) is 0 Å². The van der Waals surface area contributed by atoms with E-state index in [1.54, 1.807) is 11.8 Å². The third-order valence-electron chi connectivity index (χ3n) is 2.91. The van der Waals surface area contributed by atoms with Crippen LogP contribution in [0, 0.1) is 0 Å². The molecule has 0 spiro atoms. The molecule has 0 saturated carbocycles. The van der Waals surface area contributed by atoms with Crippen molar-refractivity contribution in [2.24, 2.45) is 5.73 Å². The number of carbonyl (C=O) groups is 1. The summed E-state index contributed by atoms with van der Waals surface area (Å²) in [5, 5.41) is 0. The summed E-state index contributed by atoms with van der Waals surface area (Å²) in [5.74, 6) is -0.00181. The molecule has 1 atom stereocenters. The number of hydrogen-bond acceptors (Lipinski definition) is 3. The van der Waals surface area contributed by atoms with Gasteiger partial charge in [-0.2, -0.15) is 0 Å². The summed E-state index contributed by atoms with van der Waals surface area (Å²) >= 11 is 1.61. The summed E-state index contributed by atoms with van der Waals surface area (Å²) in [7, 11) is 0. The standard InChI is InChI=1S/C14H11NOS.ClH/c15-13-9-5-1-3-7-11(9)17-12-8-4-2-6-10(12)14(13)16;/h1-8,13H,15H2;1H. The first-order chi connectivity index (χ1) is 8.27. The second-order valence-corrected chi connectivity index (χ2v) is 5.06. The normalized spacial score (nSPS) is 17.2. The van der Waals surface area contributed by atoms with Gasteiger partial charge in [0.1, 0.15) is 0 Å². The van der Waals surface area contributed by atoms with Crippen LogP contribution in [0.4, 0.5) is 0 Å². The number of hydrogen-bond donors (Lipinski definition) is 1. The van der Waals surface area contributed by atoms with Crippen LogP contribution in [-0.4, -0.2) is 5.78 Å². The number of halogens is 1. The first kappa shape index (κ1) is 13.1. The molecule has 0 saturated heterocycles. The average molecular weight is 278 g/mol. The molecule has 4 heteroatoms. The molecule has 2 nitrogen and oxygen atoms in total. The van der Waals surface area contributed by atoms with Gasteiger partial charge in [0.15, 0.2) is 5.78 Å². The van der Waals surface area contributed by atoms with E-state index in [1.165, 1.54) is 0 Å². The maximum Gasteiger partial charge on any atom is 0.185 e. The highest BCUT2D eigenvalue weighted by Crippen LogP contribution is 2.39. The quantitative estimate of drug-likeness (QED) is 0.802. The van der Waals surface area contributed by atoms with Gasteiger partial charge in [-0.3, -0.25) is 4.79 Å². The van der Waals surface area contributed by atoms with Gasteiger partial charge in [0.2, 0.25) is 0 Å². The predicted octanol–water partition coefficient (Wildman–Crippen LogP) is 3.46. The van der Waals surface area contributed by atoms with Gasteiger partial charge in [-0.05, 0) is 17.7 Å². The molecule has 0 fully saturated rings. The van der Waals surface area contributed by atoms with Gasteiger partial charge in [0.25, 0.3) is 0 Å². The van der Waals surface area contributed by atoms with Gasteiger partial charge in [-0.1, -0.05) is 48.2 Å². The van der Waals surface area contributed by atoms with Gasteiger partial charge < -0.3 is 5.73 Å². The zero-order valence-corrected chi connectivity index (χ0v) is 11.1. The summed E-state index contributed by atoms with van der Waals surface area (Å²) in [6.07, 6.45) is 0. The lowest BCUT2D eigenvalue weighted by Gasteiger charge is -2.10. The fraction of sp³-hybridized carbons (Fsp3) is 0.0714. The van der Waals surface area contributed by atoms with Crippen molar-refractivity contribution < 1.29 is 4.79 Å². The molecule has 1 unspecified atom stereocenters. The molecule has 1 aliphatic rings. The lowest BCUT2D eigenvalue weighted by Crippen LogP contribution is -2.21. The number of fused-ring (bicyclic) bond motifs is 2. The van der Waals surface area contributed by atoms with Crippen LogP contribution < -0.4 is 5.73 Å². The van der Waals surface area contributed by atoms with E-state index in [9.17, 15) is 4.79 Å². The van der Waals surface area contributed by atoms with E-state index in [2.05, 4.69) is 0 Å². The van der Waals surface area contributed by atoms with Gasteiger partial charge in [0.05, 0.1) is 6.04 Å². The predicted molar refractivity (Wildman–Crippen MR) is 75.5 cm³/mol. The molecule has 0 amide bonds. The van der Waals surface area contributed by atoms with Gasteiger partial charge in [-0.15, -0.1) is 12.4 Å². The highest BCUT2D eigenvalue weighted by molar-refractivity contribution is 7.99. The van der Waals surface area contributed by atoms with Crippen LogP contribution in [0.15, 0.2) is 58.3 Å². The molecule has 1 heterocycles. The minimum atomic E-state index is -0.553. The maximum atomic E-state index is 12.3. The molecule has 92 valence electrons. The van der Waals surface area contributed by atoms with E-state index in [0.717, 1.165) is 20.9 Å². The Morgan fingerprint density at radius 1 is 0.944 bits per heavy atom. The summed E-state index contributed by atoms with van der Waals surface area (Å²) in [6, 6.07) is 14.9. The Hall–Kier alpha value is -1.29. The Kier molecular flexibility index (Phi) is 3.76. The van der Waals surface area contributed by atoms with Crippen molar-refractivity contribution in [3.8, 4) is 0 Å². The van der Waals surface area contributed by atoms with Crippen LogP contribution >= 0.6 is 24.2 Å². The van der Waals surface area contributed by atoms with Crippen LogP contribution in [0.1, 0.15) is 22.0 Å². The number of ketones is 1. The van der Waals surface area contributed by atoms with Gasteiger partial charge in [0, 0.05) is 15.4 Å². The molecule has 18 heavy (non-hydrogen) atoms. The molecule has 1 aliphatic heterocycles. The van der Waals surface area contributed by atoms with Crippen molar-refractivity contribution in [3.63, 3.8) is 0 Å². The van der Waals surface area contributed by atoms with E-state index >= 15 is 0 Å². The highest BCUT2D eigenvalue weighted by atomic mass is 35.5. The molecule has 2 N–H and O–H groups in total. The lowest BCUT2D eigenvalue weighted by atomic mass is 9.98. The number of nitrogens with two attached hydrogens (primary N) is 1. The Bertz CT molecular complexity index is 600. The molecule has 2 aromatic rings. The monoisotopic (exact) mass is 277 g/mol. The average Bonchev–Trinajstić information content (AvgIpc) is 2.48. The fourth-order valence-electron chi connectivity index (χ4n) is 2.02. The minimum Gasteiger partial charge on any atom is -0.317 e. The van der Waals surface area contributed by atoms with Crippen molar-refractivity contribution >= 4 is 30.0 Å². The zero-order valence-electron chi connectivity index (χ0n) is 9.50. The molecule has 0 aliphatic carbocycles. The molecule has 0 bridgehead atoms. The Morgan fingerprint density at radius 2 is 1.56 bits per heavy atom. The van der Waals surface area contributed by atoms with E-state index in [-0.39, 0.29) is 18.2 Å². The van der Waals surface area contributed by atoms with E-state index in [0.29, 0.717) is 0 Å². The van der Waals surface area contributed by atoms with Crippen LogP contribution in [0.5, 0.6) is 0 Å². The topological polar surface area (TPSA) is 43.1 Å². The third kappa shape index (κ3) is 2.05. The van der Waals surface area contributed by atoms with E-state index in [1.807, 2.05) is 48.5 Å². The largest absolute Gasteiger partial charge is 0.317 e. The van der Waals surface area contributed by atoms with E-state index < -0.39 is 6.04 Å². The summed E-state index contributed by atoms with van der Waals surface area (Å²) in [4.78, 5) is 14.3. The Balaban J connectivity index is 0.00000120. The molecular formula is C14H12ClNOS. The molecule has 2 aromatic carbocycles. The number of benzene rings is 2. The Labute approximate surface area is 116 Å². The number of carbonyl (C=O) groups excluding carboxylic acids is 1. The van der Waals surface area contributed by atoms with Crippen molar-refractivity contribution in [3.05, 3.63) is 59.7 Å². The van der Waals surface area contributed by atoms with Crippen LogP contribution in [0.25, 0.3) is 0 Å². The van der Waals surface area contributed by atoms with Gasteiger partial charge in [-0.25, -0.2) is 0 Å².